The molecular formula is C16H21F3N2O2S. The van der Waals surface area contributed by atoms with Gasteiger partial charge in [0.05, 0.1) is 10.5 Å². The minimum atomic E-state index is -4.68. The molecule has 2 fully saturated rings. The first-order valence-electron chi connectivity index (χ1n) is 8.17. The number of rotatable bonds is 3. The summed E-state index contributed by atoms with van der Waals surface area (Å²) in [6, 6.07) is 4.41. The van der Waals surface area contributed by atoms with Crippen molar-refractivity contribution in [3.05, 3.63) is 29.8 Å². The molecule has 0 aromatic heterocycles. The second-order valence-corrected chi connectivity index (χ2v) is 8.39. The van der Waals surface area contributed by atoms with Gasteiger partial charge in [-0.05, 0) is 56.3 Å². The lowest BCUT2D eigenvalue weighted by atomic mass is 9.84. The lowest BCUT2D eigenvalue weighted by Crippen LogP contribution is -2.40. The smallest absolute Gasteiger partial charge is 0.316 e. The Kier molecular flexibility index (Phi) is 4.90. The van der Waals surface area contributed by atoms with Crippen LogP contribution >= 0.6 is 0 Å². The van der Waals surface area contributed by atoms with E-state index < -0.39 is 26.7 Å². The zero-order valence-electron chi connectivity index (χ0n) is 13.2. The SMILES string of the molecule is O=S(=O)(c1ccccc1C(F)(F)F)N1CCC(C2CCNC2)CC1. The summed E-state index contributed by atoms with van der Waals surface area (Å²) in [7, 11) is -4.13. The Balaban J connectivity index is 1.78. The van der Waals surface area contributed by atoms with Crippen LogP contribution in [0.15, 0.2) is 29.2 Å². The van der Waals surface area contributed by atoms with Crippen LogP contribution in [0.3, 0.4) is 0 Å². The number of alkyl halides is 3. The zero-order valence-corrected chi connectivity index (χ0v) is 14.0. The summed E-state index contributed by atoms with van der Waals surface area (Å²) in [4.78, 5) is -0.640. The molecule has 134 valence electrons. The lowest BCUT2D eigenvalue weighted by Gasteiger charge is -2.34. The van der Waals surface area contributed by atoms with E-state index in [9.17, 15) is 21.6 Å². The Morgan fingerprint density at radius 3 is 2.29 bits per heavy atom. The molecule has 0 bridgehead atoms. The third-order valence-corrected chi connectivity index (χ3v) is 7.03. The van der Waals surface area contributed by atoms with Gasteiger partial charge < -0.3 is 5.32 Å². The molecule has 0 spiro atoms. The van der Waals surface area contributed by atoms with Crippen molar-refractivity contribution in [2.24, 2.45) is 11.8 Å². The predicted molar refractivity (Wildman–Crippen MR) is 83.9 cm³/mol. The summed E-state index contributed by atoms with van der Waals surface area (Å²) in [5, 5.41) is 3.30. The van der Waals surface area contributed by atoms with Gasteiger partial charge in [-0.15, -0.1) is 0 Å². The van der Waals surface area contributed by atoms with E-state index in [1.807, 2.05) is 0 Å². The van der Waals surface area contributed by atoms with E-state index in [2.05, 4.69) is 5.32 Å². The van der Waals surface area contributed by atoms with E-state index in [1.165, 1.54) is 16.4 Å². The number of benzene rings is 1. The number of nitrogens with one attached hydrogen (secondary N) is 1. The van der Waals surface area contributed by atoms with Crippen molar-refractivity contribution in [1.82, 2.24) is 9.62 Å². The first-order valence-corrected chi connectivity index (χ1v) is 9.61. The molecule has 2 saturated heterocycles. The van der Waals surface area contributed by atoms with Crippen LogP contribution in [0.1, 0.15) is 24.8 Å². The van der Waals surface area contributed by atoms with E-state index in [4.69, 9.17) is 0 Å². The van der Waals surface area contributed by atoms with Crippen molar-refractivity contribution in [3.8, 4) is 0 Å². The van der Waals surface area contributed by atoms with E-state index >= 15 is 0 Å². The number of piperidine rings is 1. The highest BCUT2D eigenvalue weighted by molar-refractivity contribution is 7.89. The Morgan fingerprint density at radius 1 is 1.04 bits per heavy atom. The maximum Gasteiger partial charge on any atom is 0.417 e. The fourth-order valence-corrected chi connectivity index (χ4v) is 5.41. The summed E-state index contributed by atoms with van der Waals surface area (Å²) in [5.41, 5.74) is -1.09. The molecule has 2 aliphatic heterocycles. The molecule has 1 unspecified atom stereocenters. The number of hydrogen-bond donors (Lipinski definition) is 1. The third kappa shape index (κ3) is 3.45. The van der Waals surface area contributed by atoms with Crippen molar-refractivity contribution in [2.75, 3.05) is 26.2 Å². The van der Waals surface area contributed by atoms with E-state index in [1.54, 1.807) is 0 Å². The fraction of sp³-hybridized carbons (Fsp3) is 0.625. The molecular weight excluding hydrogens is 341 g/mol. The molecule has 0 amide bonds. The Morgan fingerprint density at radius 2 is 1.71 bits per heavy atom. The molecule has 1 aromatic carbocycles. The number of sulfonamides is 1. The van der Waals surface area contributed by atoms with Crippen LogP contribution in [0, 0.1) is 11.8 Å². The van der Waals surface area contributed by atoms with Gasteiger partial charge in [-0.1, -0.05) is 12.1 Å². The lowest BCUT2D eigenvalue weighted by molar-refractivity contribution is -0.139. The Labute approximate surface area is 140 Å². The monoisotopic (exact) mass is 362 g/mol. The summed E-state index contributed by atoms with van der Waals surface area (Å²) in [6.45, 7) is 2.52. The molecule has 1 aromatic rings. The third-order valence-electron chi connectivity index (χ3n) is 5.07. The second kappa shape index (κ2) is 6.65. The highest BCUT2D eigenvalue weighted by atomic mass is 32.2. The van der Waals surface area contributed by atoms with Crippen LogP contribution in [0.5, 0.6) is 0 Å². The topological polar surface area (TPSA) is 49.4 Å². The van der Waals surface area contributed by atoms with Crippen LogP contribution in [0.2, 0.25) is 0 Å². The van der Waals surface area contributed by atoms with Crippen LogP contribution in [0.4, 0.5) is 13.2 Å². The maximum atomic E-state index is 13.1. The van der Waals surface area contributed by atoms with Gasteiger partial charge in [0, 0.05) is 13.1 Å². The second-order valence-electron chi connectivity index (χ2n) is 6.49. The Hall–Kier alpha value is -1.12. The van der Waals surface area contributed by atoms with Gasteiger partial charge >= 0.3 is 6.18 Å². The average molecular weight is 362 g/mol. The van der Waals surface area contributed by atoms with Crippen LogP contribution in [-0.2, 0) is 16.2 Å². The van der Waals surface area contributed by atoms with Gasteiger partial charge in [0.1, 0.15) is 0 Å². The molecule has 24 heavy (non-hydrogen) atoms. The molecule has 0 saturated carbocycles. The average Bonchev–Trinajstić information content (AvgIpc) is 3.09. The van der Waals surface area contributed by atoms with Gasteiger partial charge in [-0.3, -0.25) is 0 Å². The van der Waals surface area contributed by atoms with Gasteiger partial charge in [0.15, 0.2) is 0 Å². The van der Waals surface area contributed by atoms with E-state index in [0.29, 0.717) is 24.7 Å². The number of nitrogens with zero attached hydrogens (tertiary/aromatic N) is 1. The van der Waals surface area contributed by atoms with Crippen LogP contribution in [0.25, 0.3) is 0 Å². The van der Waals surface area contributed by atoms with Crippen molar-refractivity contribution < 1.29 is 21.6 Å². The number of hydrogen-bond acceptors (Lipinski definition) is 3. The van der Waals surface area contributed by atoms with Crippen molar-refractivity contribution >= 4 is 10.0 Å². The Bertz CT molecular complexity index is 677. The molecule has 3 rings (SSSR count). The normalized spacial score (nSPS) is 24.4. The molecule has 2 heterocycles. The fourth-order valence-electron chi connectivity index (χ4n) is 3.73. The summed E-state index contributed by atoms with van der Waals surface area (Å²) in [5.74, 6) is 1.00. The summed E-state index contributed by atoms with van der Waals surface area (Å²) in [6.07, 6.45) is -2.18. The van der Waals surface area contributed by atoms with E-state index in [-0.39, 0.29) is 13.1 Å². The molecule has 0 aliphatic carbocycles. The quantitative estimate of drug-likeness (QED) is 0.900. The minimum Gasteiger partial charge on any atom is -0.316 e. The van der Waals surface area contributed by atoms with Crippen molar-refractivity contribution in [3.63, 3.8) is 0 Å². The van der Waals surface area contributed by atoms with Crippen LogP contribution < -0.4 is 5.32 Å². The van der Waals surface area contributed by atoms with Crippen molar-refractivity contribution in [2.45, 2.75) is 30.3 Å². The van der Waals surface area contributed by atoms with Gasteiger partial charge in [0.25, 0.3) is 0 Å². The summed E-state index contributed by atoms with van der Waals surface area (Å²) < 4.78 is 66.0. The minimum absolute atomic E-state index is 0.287. The van der Waals surface area contributed by atoms with Crippen LogP contribution in [-0.4, -0.2) is 38.9 Å². The molecule has 1 atom stereocenters. The molecule has 0 radical (unpaired) electrons. The predicted octanol–water partition coefficient (Wildman–Crippen LogP) is 2.72. The largest absolute Gasteiger partial charge is 0.417 e. The molecule has 8 heteroatoms. The standard InChI is InChI=1S/C16H21F3N2O2S/c17-16(18,19)14-3-1-2-4-15(14)24(22,23)21-9-6-12(7-10-21)13-5-8-20-11-13/h1-4,12-13,20H,5-11H2. The highest BCUT2D eigenvalue weighted by Crippen LogP contribution is 2.37. The van der Waals surface area contributed by atoms with Gasteiger partial charge in [-0.25, -0.2) is 8.42 Å². The first kappa shape index (κ1) is 17.7. The van der Waals surface area contributed by atoms with Crippen molar-refractivity contribution in [1.29, 1.82) is 0 Å². The number of halogens is 3. The van der Waals surface area contributed by atoms with Gasteiger partial charge in [0.2, 0.25) is 10.0 Å². The maximum absolute atomic E-state index is 13.1. The molecule has 4 nitrogen and oxygen atoms in total. The first-order chi connectivity index (χ1) is 11.3. The molecule has 1 N–H and O–H groups in total. The van der Waals surface area contributed by atoms with Gasteiger partial charge in [-0.2, -0.15) is 17.5 Å². The van der Waals surface area contributed by atoms with E-state index in [0.717, 1.165) is 31.6 Å². The summed E-state index contributed by atoms with van der Waals surface area (Å²) >= 11 is 0. The zero-order chi connectivity index (χ0) is 17.4. The highest BCUT2D eigenvalue weighted by Gasteiger charge is 2.40. The molecule has 2 aliphatic rings.